The van der Waals surface area contributed by atoms with Crippen LogP contribution in [0.1, 0.15) is 35.7 Å². The molecule has 0 saturated heterocycles. The summed E-state index contributed by atoms with van der Waals surface area (Å²) in [5.74, 6) is 0.368. The molecule has 0 unspecified atom stereocenters. The van der Waals surface area contributed by atoms with E-state index in [1.54, 1.807) is 32.2 Å². The number of fused-ring (bicyclic) bond motifs is 1. The standard InChI is InChI=1S/C21H24N4O4S/c1-14(19-9-6-12-29-19)22-20(26)13-24-16(3)21(15(2)23-24)30(27,28)25-11-10-17-7-4-5-8-18(17)25/h4-9,12,14H,10-11,13H2,1-3H3,(H,22,26)/t14-/m1/s1. The van der Waals surface area contributed by atoms with Crippen molar-refractivity contribution in [1.82, 2.24) is 15.1 Å². The Kier molecular flexibility index (Phi) is 5.15. The molecule has 0 saturated carbocycles. The number of carbonyl (C=O) groups excluding carboxylic acids is 1. The molecule has 9 heteroatoms. The number of aryl methyl sites for hydroxylation is 1. The second-order valence-electron chi connectivity index (χ2n) is 7.42. The van der Waals surface area contributed by atoms with E-state index >= 15 is 0 Å². The van der Waals surface area contributed by atoms with Gasteiger partial charge in [-0.05, 0) is 51.0 Å². The Morgan fingerprint density at radius 2 is 2.00 bits per heavy atom. The Bertz CT molecular complexity index is 1180. The van der Waals surface area contributed by atoms with Crippen LogP contribution in [-0.2, 0) is 27.8 Å². The molecule has 0 radical (unpaired) electrons. The highest BCUT2D eigenvalue weighted by Gasteiger charge is 2.35. The van der Waals surface area contributed by atoms with E-state index in [0.29, 0.717) is 35.8 Å². The van der Waals surface area contributed by atoms with E-state index in [9.17, 15) is 13.2 Å². The quantitative estimate of drug-likeness (QED) is 0.651. The van der Waals surface area contributed by atoms with Crippen LogP contribution in [-0.4, -0.2) is 30.7 Å². The van der Waals surface area contributed by atoms with Gasteiger partial charge in [0.15, 0.2) is 0 Å². The van der Waals surface area contributed by atoms with Gasteiger partial charge < -0.3 is 9.73 Å². The first-order chi connectivity index (χ1) is 14.3. The van der Waals surface area contributed by atoms with E-state index < -0.39 is 10.0 Å². The third-order valence-corrected chi connectivity index (χ3v) is 7.41. The smallest absolute Gasteiger partial charge is 0.268 e. The molecule has 1 aromatic carbocycles. The van der Waals surface area contributed by atoms with E-state index in [2.05, 4.69) is 10.4 Å². The maximum atomic E-state index is 13.4. The van der Waals surface area contributed by atoms with Crippen molar-refractivity contribution in [2.45, 2.75) is 44.7 Å². The molecule has 1 N–H and O–H groups in total. The number of hydrogen-bond donors (Lipinski definition) is 1. The lowest BCUT2D eigenvalue weighted by atomic mass is 10.2. The third-order valence-electron chi connectivity index (χ3n) is 5.35. The number of carbonyl (C=O) groups is 1. The Labute approximate surface area is 175 Å². The average Bonchev–Trinajstić information content (AvgIpc) is 3.41. The molecule has 1 atom stereocenters. The van der Waals surface area contributed by atoms with Gasteiger partial charge in [-0.1, -0.05) is 18.2 Å². The summed E-state index contributed by atoms with van der Waals surface area (Å²) in [6.45, 7) is 5.47. The molecule has 0 fully saturated rings. The summed E-state index contributed by atoms with van der Waals surface area (Å²) in [5, 5.41) is 7.18. The van der Waals surface area contributed by atoms with Crippen molar-refractivity contribution >= 4 is 21.6 Å². The van der Waals surface area contributed by atoms with Crippen LogP contribution in [0.5, 0.6) is 0 Å². The fourth-order valence-electron chi connectivity index (χ4n) is 3.91. The van der Waals surface area contributed by atoms with Crippen LogP contribution in [0, 0.1) is 13.8 Å². The van der Waals surface area contributed by atoms with Gasteiger partial charge in [-0.2, -0.15) is 5.10 Å². The van der Waals surface area contributed by atoms with Gasteiger partial charge in [0.1, 0.15) is 17.2 Å². The number of benzene rings is 1. The molecular weight excluding hydrogens is 404 g/mol. The van der Waals surface area contributed by atoms with Gasteiger partial charge in [0.05, 0.1) is 29.4 Å². The Hall–Kier alpha value is -3.07. The van der Waals surface area contributed by atoms with Crippen LogP contribution < -0.4 is 9.62 Å². The number of furan rings is 1. The monoisotopic (exact) mass is 428 g/mol. The van der Waals surface area contributed by atoms with E-state index in [1.165, 1.54) is 8.99 Å². The minimum Gasteiger partial charge on any atom is -0.467 e. The van der Waals surface area contributed by atoms with Gasteiger partial charge in [-0.25, -0.2) is 8.42 Å². The second-order valence-corrected chi connectivity index (χ2v) is 9.22. The number of para-hydroxylation sites is 1. The summed E-state index contributed by atoms with van der Waals surface area (Å²) in [6, 6.07) is 10.7. The molecule has 1 aliphatic heterocycles. The van der Waals surface area contributed by atoms with Crippen LogP contribution >= 0.6 is 0 Å². The second kappa shape index (κ2) is 7.64. The lowest BCUT2D eigenvalue weighted by molar-refractivity contribution is -0.122. The third kappa shape index (κ3) is 3.49. The first-order valence-electron chi connectivity index (χ1n) is 9.76. The number of anilines is 1. The SMILES string of the molecule is Cc1nn(CC(=O)N[C@H](C)c2ccco2)c(C)c1S(=O)(=O)N1CCc2ccccc21. The van der Waals surface area contributed by atoms with Crippen molar-refractivity contribution in [2.24, 2.45) is 0 Å². The number of nitrogens with zero attached hydrogens (tertiary/aromatic N) is 3. The molecule has 3 heterocycles. The molecule has 0 bridgehead atoms. The van der Waals surface area contributed by atoms with Crippen molar-refractivity contribution in [2.75, 3.05) is 10.8 Å². The summed E-state index contributed by atoms with van der Waals surface area (Å²) in [4.78, 5) is 12.6. The molecular formula is C21H24N4O4S. The van der Waals surface area contributed by atoms with Crippen LogP contribution in [0.25, 0.3) is 0 Å². The van der Waals surface area contributed by atoms with Gasteiger partial charge in [0.2, 0.25) is 5.91 Å². The van der Waals surface area contributed by atoms with Gasteiger partial charge in [0.25, 0.3) is 10.0 Å². The zero-order chi connectivity index (χ0) is 21.5. The van der Waals surface area contributed by atoms with Crippen molar-refractivity contribution < 1.29 is 17.6 Å². The predicted molar refractivity (Wildman–Crippen MR) is 112 cm³/mol. The molecule has 4 rings (SSSR count). The van der Waals surface area contributed by atoms with Gasteiger partial charge in [0, 0.05) is 6.54 Å². The van der Waals surface area contributed by atoms with E-state index in [0.717, 1.165) is 5.56 Å². The summed E-state index contributed by atoms with van der Waals surface area (Å²) in [6.07, 6.45) is 2.22. The molecule has 0 aliphatic carbocycles. The van der Waals surface area contributed by atoms with E-state index in [1.807, 2.05) is 31.2 Å². The maximum Gasteiger partial charge on any atom is 0.268 e. The van der Waals surface area contributed by atoms with Crippen LogP contribution in [0.15, 0.2) is 52.0 Å². The highest BCUT2D eigenvalue weighted by molar-refractivity contribution is 7.93. The van der Waals surface area contributed by atoms with E-state index in [-0.39, 0.29) is 23.4 Å². The van der Waals surface area contributed by atoms with Crippen molar-refractivity contribution in [3.63, 3.8) is 0 Å². The first kappa shape index (κ1) is 20.2. The van der Waals surface area contributed by atoms with E-state index in [4.69, 9.17) is 4.42 Å². The number of sulfonamides is 1. The predicted octanol–water partition coefficient (Wildman–Crippen LogP) is 2.72. The highest BCUT2D eigenvalue weighted by Crippen LogP contribution is 2.34. The molecule has 8 nitrogen and oxygen atoms in total. The minimum absolute atomic E-state index is 0.0795. The Balaban J connectivity index is 1.57. The van der Waals surface area contributed by atoms with Crippen molar-refractivity contribution in [3.8, 4) is 0 Å². The Morgan fingerprint density at radius 3 is 2.73 bits per heavy atom. The molecule has 1 aliphatic rings. The van der Waals surface area contributed by atoms with Gasteiger partial charge in [-0.3, -0.25) is 13.8 Å². The fraction of sp³-hybridized carbons (Fsp3) is 0.333. The zero-order valence-electron chi connectivity index (χ0n) is 17.1. The van der Waals surface area contributed by atoms with Crippen LogP contribution in [0.2, 0.25) is 0 Å². The molecule has 158 valence electrons. The van der Waals surface area contributed by atoms with Crippen molar-refractivity contribution in [3.05, 3.63) is 65.4 Å². The highest BCUT2D eigenvalue weighted by atomic mass is 32.2. The molecule has 0 spiro atoms. The molecule has 3 aromatic rings. The summed E-state index contributed by atoms with van der Waals surface area (Å²) in [5.41, 5.74) is 2.53. The van der Waals surface area contributed by atoms with Gasteiger partial charge >= 0.3 is 0 Å². The van der Waals surface area contributed by atoms with Crippen LogP contribution in [0.4, 0.5) is 5.69 Å². The van der Waals surface area contributed by atoms with Crippen LogP contribution in [0.3, 0.4) is 0 Å². The maximum absolute atomic E-state index is 13.4. The molecule has 1 amide bonds. The lowest BCUT2D eigenvalue weighted by Gasteiger charge is -2.19. The lowest BCUT2D eigenvalue weighted by Crippen LogP contribution is -2.31. The topological polar surface area (TPSA) is 97.4 Å². The fourth-order valence-corrected chi connectivity index (χ4v) is 5.79. The van der Waals surface area contributed by atoms with Gasteiger partial charge in [-0.15, -0.1) is 0 Å². The number of rotatable bonds is 6. The average molecular weight is 429 g/mol. The number of aromatic nitrogens is 2. The minimum atomic E-state index is -3.78. The largest absolute Gasteiger partial charge is 0.467 e. The number of nitrogens with one attached hydrogen (secondary N) is 1. The zero-order valence-corrected chi connectivity index (χ0v) is 17.9. The molecule has 30 heavy (non-hydrogen) atoms. The number of hydrogen-bond acceptors (Lipinski definition) is 5. The van der Waals surface area contributed by atoms with Crippen molar-refractivity contribution in [1.29, 1.82) is 0 Å². The summed E-state index contributed by atoms with van der Waals surface area (Å²) >= 11 is 0. The first-order valence-corrected chi connectivity index (χ1v) is 11.2. The number of amides is 1. The summed E-state index contributed by atoms with van der Waals surface area (Å²) in [7, 11) is -3.78. The summed E-state index contributed by atoms with van der Waals surface area (Å²) < 4.78 is 35.0. The normalized spacial score (nSPS) is 14.6. The molecule has 2 aromatic heterocycles. The Morgan fingerprint density at radius 1 is 1.23 bits per heavy atom.